The van der Waals surface area contributed by atoms with Crippen LogP contribution < -0.4 is 0 Å². The standard InChI is InChI=1S/C10H9ClO2S/c11-4-9-7(5-12)6-2-1-3-8(13)10(6)14-9/h1-3,12-13H,4-5H2. The Labute approximate surface area is 90.4 Å². The quantitative estimate of drug-likeness (QED) is 0.776. The highest BCUT2D eigenvalue weighted by atomic mass is 35.5. The van der Waals surface area contributed by atoms with E-state index in [1.165, 1.54) is 11.3 Å². The number of hydrogen-bond donors (Lipinski definition) is 2. The van der Waals surface area contributed by atoms with Crippen molar-refractivity contribution in [3.63, 3.8) is 0 Å². The fraction of sp³-hybridized carbons (Fsp3) is 0.200. The number of thiophene rings is 1. The van der Waals surface area contributed by atoms with Gasteiger partial charge in [-0.2, -0.15) is 0 Å². The molecular formula is C10H9ClO2S. The largest absolute Gasteiger partial charge is 0.506 e. The Kier molecular flexibility index (Phi) is 2.63. The number of halogens is 1. The molecule has 0 bridgehead atoms. The molecule has 0 amide bonds. The molecule has 0 saturated heterocycles. The van der Waals surface area contributed by atoms with Gasteiger partial charge in [-0.15, -0.1) is 22.9 Å². The van der Waals surface area contributed by atoms with E-state index in [9.17, 15) is 10.2 Å². The molecule has 0 atom stereocenters. The smallest absolute Gasteiger partial charge is 0.133 e. The fourth-order valence-corrected chi connectivity index (χ4v) is 2.88. The molecule has 2 N–H and O–H groups in total. The number of phenolic OH excluding ortho intramolecular Hbond substituents is 1. The van der Waals surface area contributed by atoms with Crippen molar-refractivity contribution in [3.05, 3.63) is 28.6 Å². The minimum absolute atomic E-state index is 0.0362. The Morgan fingerprint density at radius 1 is 1.36 bits per heavy atom. The van der Waals surface area contributed by atoms with Crippen LogP contribution in [-0.2, 0) is 12.5 Å². The molecule has 0 aliphatic carbocycles. The number of rotatable bonds is 2. The molecule has 0 spiro atoms. The Bertz CT molecular complexity index is 464. The average molecular weight is 229 g/mol. The molecule has 2 aromatic rings. The van der Waals surface area contributed by atoms with Crippen LogP contribution >= 0.6 is 22.9 Å². The highest BCUT2D eigenvalue weighted by Crippen LogP contribution is 2.37. The maximum atomic E-state index is 9.59. The highest BCUT2D eigenvalue weighted by molar-refractivity contribution is 7.19. The summed E-state index contributed by atoms with van der Waals surface area (Å²) in [6.07, 6.45) is 0. The summed E-state index contributed by atoms with van der Waals surface area (Å²) >= 11 is 7.19. The Hall–Kier alpha value is -0.770. The third-order valence-corrected chi connectivity index (χ3v) is 3.86. The zero-order valence-electron chi connectivity index (χ0n) is 7.33. The van der Waals surface area contributed by atoms with Crippen LogP contribution in [0.1, 0.15) is 10.4 Å². The summed E-state index contributed by atoms with van der Waals surface area (Å²) in [6, 6.07) is 5.28. The van der Waals surface area contributed by atoms with Crippen LogP contribution in [-0.4, -0.2) is 10.2 Å². The van der Waals surface area contributed by atoms with Gasteiger partial charge < -0.3 is 10.2 Å². The predicted molar refractivity (Wildman–Crippen MR) is 59.0 cm³/mol. The molecule has 0 fully saturated rings. The van der Waals surface area contributed by atoms with Gasteiger partial charge in [0.15, 0.2) is 0 Å². The number of hydrogen-bond acceptors (Lipinski definition) is 3. The SMILES string of the molecule is OCc1c(CCl)sc2c(O)cccc12. The summed E-state index contributed by atoms with van der Waals surface area (Å²) in [5.74, 6) is 0.618. The van der Waals surface area contributed by atoms with Gasteiger partial charge in [-0.1, -0.05) is 12.1 Å². The van der Waals surface area contributed by atoms with E-state index in [-0.39, 0.29) is 12.4 Å². The van der Waals surface area contributed by atoms with Gasteiger partial charge in [0.05, 0.1) is 17.2 Å². The van der Waals surface area contributed by atoms with Crippen LogP contribution in [0.3, 0.4) is 0 Å². The number of phenols is 1. The number of aliphatic hydroxyl groups is 1. The summed E-state index contributed by atoms with van der Waals surface area (Å²) in [5.41, 5.74) is 0.830. The zero-order chi connectivity index (χ0) is 10.1. The molecule has 1 aromatic carbocycles. The van der Waals surface area contributed by atoms with Gasteiger partial charge in [0.2, 0.25) is 0 Å². The lowest BCUT2D eigenvalue weighted by Crippen LogP contribution is -1.84. The highest BCUT2D eigenvalue weighted by Gasteiger charge is 2.12. The van der Waals surface area contributed by atoms with Gasteiger partial charge in [0.1, 0.15) is 5.75 Å². The zero-order valence-corrected chi connectivity index (χ0v) is 8.90. The molecule has 0 saturated carbocycles. The van der Waals surface area contributed by atoms with Gasteiger partial charge in [-0.05, 0) is 6.07 Å². The normalized spacial score (nSPS) is 11.0. The molecule has 74 valence electrons. The van der Waals surface area contributed by atoms with Crippen molar-refractivity contribution in [2.75, 3.05) is 0 Å². The molecule has 0 aliphatic rings. The molecular weight excluding hydrogens is 220 g/mol. The first-order valence-electron chi connectivity index (χ1n) is 4.17. The van der Waals surface area contributed by atoms with Crippen molar-refractivity contribution in [2.45, 2.75) is 12.5 Å². The van der Waals surface area contributed by atoms with Crippen molar-refractivity contribution >= 4 is 33.0 Å². The molecule has 1 heterocycles. The second kappa shape index (κ2) is 3.77. The minimum Gasteiger partial charge on any atom is -0.506 e. The molecule has 2 rings (SSSR count). The van der Waals surface area contributed by atoms with Crippen molar-refractivity contribution in [1.29, 1.82) is 0 Å². The summed E-state index contributed by atoms with van der Waals surface area (Å²) in [4.78, 5) is 0.922. The van der Waals surface area contributed by atoms with Crippen LogP contribution in [0, 0.1) is 0 Å². The third-order valence-electron chi connectivity index (χ3n) is 2.16. The van der Waals surface area contributed by atoms with E-state index in [0.717, 1.165) is 20.5 Å². The Morgan fingerprint density at radius 3 is 2.79 bits per heavy atom. The lowest BCUT2D eigenvalue weighted by Gasteiger charge is -1.96. The van der Waals surface area contributed by atoms with E-state index in [4.69, 9.17) is 11.6 Å². The maximum absolute atomic E-state index is 9.59. The number of aromatic hydroxyl groups is 1. The second-order valence-electron chi connectivity index (χ2n) is 2.95. The molecule has 14 heavy (non-hydrogen) atoms. The molecule has 2 nitrogen and oxygen atoms in total. The van der Waals surface area contributed by atoms with Crippen molar-refractivity contribution < 1.29 is 10.2 Å². The summed E-state index contributed by atoms with van der Waals surface area (Å²) in [5, 5.41) is 19.7. The average Bonchev–Trinajstić information content (AvgIpc) is 2.57. The first-order valence-corrected chi connectivity index (χ1v) is 5.52. The van der Waals surface area contributed by atoms with E-state index in [1.54, 1.807) is 12.1 Å². The maximum Gasteiger partial charge on any atom is 0.133 e. The van der Waals surface area contributed by atoms with Crippen LogP contribution in [0.25, 0.3) is 10.1 Å². The van der Waals surface area contributed by atoms with Gasteiger partial charge >= 0.3 is 0 Å². The number of benzene rings is 1. The van der Waals surface area contributed by atoms with Gasteiger partial charge in [-0.25, -0.2) is 0 Å². The van der Waals surface area contributed by atoms with Crippen LogP contribution in [0.2, 0.25) is 0 Å². The van der Waals surface area contributed by atoms with Crippen LogP contribution in [0.15, 0.2) is 18.2 Å². The van der Waals surface area contributed by atoms with E-state index in [1.807, 2.05) is 6.07 Å². The van der Waals surface area contributed by atoms with E-state index in [0.29, 0.717) is 5.88 Å². The van der Waals surface area contributed by atoms with E-state index in [2.05, 4.69) is 0 Å². The Balaban J connectivity index is 2.79. The summed E-state index contributed by atoms with van der Waals surface area (Å²) in [7, 11) is 0. The summed E-state index contributed by atoms with van der Waals surface area (Å²) in [6.45, 7) is -0.0362. The predicted octanol–water partition coefficient (Wildman–Crippen LogP) is 2.84. The summed E-state index contributed by atoms with van der Waals surface area (Å²) < 4.78 is 0.798. The molecule has 1 aromatic heterocycles. The number of fused-ring (bicyclic) bond motifs is 1. The van der Waals surface area contributed by atoms with Gasteiger partial charge in [-0.3, -0.25) is 0 Å². The third kappa shape index (κ3) is 1.38. The molecule has 0 radical (unpaired) electrons. The van der Waals surface area contributed by atoms with E-state index >= 15 is 0 Å². The second-order valence-corrected chi connectivity index (χ2v) is 4.32. The monoisotopic (exact) mass is 228 g/mol. The van der Waals surface area contributed by atoms with Crippen LogP contribution in [0.4, 0.5) is 0 Å². The first-order chi connectivity index (χ1) is 6.77. The molecule has 0 unspecified atom stereocenters. The Morgan fingerprint density at radius 2 is 2.14 bits per heavy atom. The van der Waals surface area contributed by atoms with E-state index < -0.39 is 0 Å². The lowest BCUT2D eigenvalue weighted by atomic mass is 10.1. The molecule has 4 heteroatoms. The molecule has 0 aliphatic heterocycles. The fourth-order valence-electron chi connectivity index (χ4n) is 1.49. The van der Waals surface area contributed by atoms with Gasteiger partial charge in [0, 0.05) is 15.8 Å². The first kappa shape index (κ1) is 9.77. The van der Waals surface area contributed by atoms with Crippen molar-refractivity contribution in [1.82, 2.24) is 0 Å². The van der Waals surface area contributed by atoms with Crippen molar-refractivity contribution in [3.8, 4) is 5.75 Å². The van der Waals surface area contributed by atoms with Crippen molar-refractivity contribution in [2.24, 2.45) is 0 Å². The van der Waals surface area contributed by atoms with Crippen LogP contribution in [0.5, 0.6) is 5.75 Å². The lowest BCUT2D eigenvalue weighted by molar-refractivity contribution is 0.283. The number of alkyl halides is 1. The topological polar surface area (TPSA) is 40.5 Å². The number of aliphatic hydroxyl groups excluding tert-OH is 1. The van der Waals surface area contributed by atoms with Gasteiger partial charge in [0.25, 0.3) is 0 Å². The minimum atomic E-state index is -0.0362.